The lowest BCUT2D eigenvalue weighted by molar-refractivity contribution is 0.145. The number of nitrogens with zero attached hydrogens (tertiary/aromatic N) is 1. The Bertz CT molecular complexity index is 800. The summed E-state index contributed by atoms with van der Waals surface area (Å²) in [6, 6.07) is 13.7. The van der Waals surface area contributed by atoms with Crippen molar-refractivity contribution in [2.45, 2.75) is 26.5 Å². The molecule has 1 unspecified atom stereocenters. The summed E-state index contributed by atoms with van der Waals surface area (Å²) in [7, 11) is 5.05. The summed E-state index contributed by atoms with van der Waals surface area (Å²) in [4.78, 5) is 4.29. The van der Waals surface area contributed by atoms with Gasteiger partial charge in [-0.15, -0.1) is 24.0 Å². The quantitative estimate of drug-likeness (QED) is 0.195. The molecule has 2 aromatic rings. The normalized spacial score (nSPS) is 11.8. The topological polar surface area (TPSA) is 73.3 Å². The van der Waals surface area contributed by atoms with Crippen LogP contribution in [0, 0.1) is 6.92 Å². The molecule has 2 aromatic carbocycles. The Morgan fingerprint density at radius 2 is 1.71 bits per heavy atom. The van der Waals surface area contributed by atoms with Gasteiger partial charge in [0.25, 0.3) is 0 Å². The highest BCUT2D eigenvalue weighted by Gasteiger charge is 2.08. The minimum absolute atomic E-state index is 0. The van der Waals surface area contributed by atoms with Crippen LogP contribution in [-0.4, -0.2) is 53.1 Å². The highest BCUT2D eigenvalue weighted by Crippen LogP contribution is 2.20. The number of methoxy groups -OCH3 is 2. The maximum Gasteiger partial charge on any atom is 0.191 e. The molecule has 0 bridgehead atoms. The Hall–Kier alpha value is -2.20. The maximum atomic E-state index is 5.93. The van der Waals surface area contributed by atoms with E-state index in [-0.39, 0.29) is 30.1 Å². The smallest absolute Gasteiger partial charge is 0.191 e. The summed E-state index contributed by atoms with van der Waals surface area (Å²) in [6.45, 7) is 6.32. The molecular formula is C23H34IN3O4. The van der Waals surface area contributed by atoms with Crippen LogP contribution < -0.4 is 24.8 Å². The Kier molecular flexibility index (Phi) is 12.8. The van der Waals surface area contributed by atoms with Crippen LogP contribution in [0.3, 0.4) is 0 Å². The van der Waals surface area contributed by atoms with Gasteiger partial charge in [0.15, 0.2) is 5.96 Å². The summed E-state index contributed by atoms with van der Waals surface area (Å²) in [5.74, 6) is 3.15. The number of nitrogens with one attached hydrogen (secondary N) is 2. The van der Waals surface area contributed by atoms with Crippen LogP contribution in [0.25, 0.3) is 0 Å². The minimum Gasteiger partial charge on any atom is -0.497 e. The number of aliphatic imine (C=N–C) groups is 1. The molecule has 172 valence electrons. The van der Waals surface area contributed by atoms with Crippen molar-refractivity contribution in [3.05, 3.63) is 53.6 Å². The van der Waals surface area contributed by atoms with Gasteiger partial charge in [-0.3, -0.25) is 4.99 Å². The molecule has 8 heteroatoms. The van der Waals surface area contributed by atoms with Gasteiger partial charge in [-0.25, -0.2) is 0 Å². The number of hydrogen-bond acceptors (Lipinski definition) is 5. The predicted octanol–water partition coefficient (Wildman–Crippen LogP) is 3.78. The van der Waals surface area contributed by atoms with Crippen LogP contribution in [0.4, 0.5) is 0 Å². The van der Waals surface area contributed by atoms with Gasteiger partial charge in [-0.05, 0) is 49.7 Å². The first-order valence-corrected chi connectivity index (χ1v) is 10.0. The molecule has 0 heterocycles. The second kappa shape index (κ2) is 14.7. The van der Waals surface area contributed by atoms with E-state index in [9.17, 15) is 0 Å². The van der Waals surface area contributed by atoms with E-state index < -0.39 is 0 Å². The standard InChI is InChI=1S/C23H33N3O4.HI/c1-17-6-7-19(22(14-17)29-13-12-27-4)16-26-23(24-3)25-15-18(2)30-21-10-8-20(28-5)9-11-21;/h6-11,14,18H,12-13,15-16H2,1-5H3,(H2,24,25,26);1H. The first-order valence-electron chi connectivity index (χ1n) is 10.0. The fourth-order valence-electron chi connectivity index (χ4n) is 2.75. The SMILES string of the molecule is CN=C(NCc1ccc(C)cc1OCCOC)NCC(C)Oc1ccc(OC)cc1.I. The lowest BCUT2D eigenvalue weighted by Gasteiger charge is -2.19. The summed E-state index contributed by atoms with van der Waals surface area (Å²) in [6.07, 6.45) is -0.0377. The van der Waals surface area contributed by atoms with E-state index in [1.807, 2.05) is 44.2 Å². The lowest BCUT2D eigenvalue weighted by atomic mass is 10.1. The minimum atomic E-state index is -0.0377. The average Bonchev–Trinajstić information content (AvgIpc) is 2.75. The molecule has 0 aliphatic rings. The van der Waals surface area contributed by atoms with Gasteiger partial charge in [-0.1, -0.05) is 12.1 Å². The monoisotopic (exact) mass is 543 g/mol. The third-order valence-corrected chi connectivity index (χ3v) is 4.39. The summed E-state index contributed by atoms with van der Waals surface area (Å²) in [5.41, 5.74) is 2.21. The van der Waals surface area contributed by atoms with Gasteiger partial charge < -0.3 is 29.6 Å². The molecule has 0 aliphatic heterocycles. The van der Waals surface area contributed by atoms with Crippen LogP contribution in [0.2, 0.25) is 0 Å². The van der Waals surface area contributed by atoms with Crippen molar-refractivity contribution in [3.63, 3.8) is 0 Å². The van der Waals surface area contributed by atoms with E-state index >= 15 is 0 Å². The largest absolute Gasteiger partial charge is 0.497 e. The number of aryl methyl sites for hydroxylation is 1. The van der Waals surface area contributed by atoms with E-state index in [2.05, 4.69) is 27.8 Å². The zero-order valence-corrected chi connectivity index (χ0v) is 21.3. The second-order valence-corrected chi connectivity index (χ2v) is 6.86. The number of guanidine groups is 1. The fourth-order valence-corrected chi connectivity index (χ4v) is 2.75. The number of ether oxygens (including phenoxy) is 4. The molecular weight excluding hydrogens is 509 g/mol. The summed E-state index contributed by atoms with van der Waals surface area (Å²) >= 11 is 0. The molecule has 2 N–H and O–H groups in total. The third-order valence-electron chi connectivity index (χ3n) is 4.39. The Morgan fingerprint density at radius 3 is 2.35 bits per heavy atom. The first-order chi connectivity index (χ1) is 14.5. The molecule has 0 saturated heterocycles. The van der Waals surface area contributed by atoms with E-state index in [0.29, 0.717) is 32.3 Å². The first kappa shape index (κ1) is 26.8. The Morgan fingerprint density at radius 1 is 1.00 bits per heavy atom. The molecule has 0 radical (unpaired) electrons. The average molecular weight is 543 g/mol. The van der Waals surface area contributed by atoms with Crippen molar-refractivity contribution in [1.29, 1.82) is 0 Å². The predicted molar refractivity (Wildman–Crippen MR) is 135 cm³/mol. The van der Waals surface area contributed by atoms with Gasteiger partial charge in [0, 0.05) is 26.3 Å². The highest BCUT2D eigenvalue weighted by molar-refractivity contribution is 14.0. The van der Waals surface area contributed by atoms with Gasteiger partial charge in [0.2, 0.25) is 0 Å². The zero-order valence-electron chi connectivity index (χ0n) is 18.9. The number of rotatable bonds is 11. The summed E-state index contributed by atoms with van der Waals surface area (Å²) < 4.78 is 22.0. The van der Waals surface area contributed by atoms with Crippen molar-refractivity contribution in [2.24, 2.45) is 4.99 Å². The molecule has 0 fully saturated rings. The number of halogens is 1. The fraction of sp³-hybridized carbons (Fsp3) is 0.435. The van der Waals surface area contributed by atoms with E-state index in [1.54, 1.807) is 21.3 Å². The van der Waals surface area contributed by atoms with E-state index in [4.69, 9.17) is 18.9 Å². The van der Waals surface area contributed by atoms with Crippen LogP contribution in [0.5, 0.6) is 17.2 Å². The van der Waals surface area contributed by atoms with Crippen LogP contribution in [0.15, 0.2) is 47.5 Å². The molecule has 0 amide bonds. The number of benzene rings is 2. The Labute approximate surface area is 202 Å². The van der Waals surface area contributed by atoms with Crippen LogP contribution in [-0.2, 0) is 11.3 Å². The van der Waals surface area contributed by atoms with Gasteiger partial charge in [-0.2, -0.15) is 0 Å². The van der Waals surface area contributed by atoms with Crippen molar-refractivity contribution in [2.75, 3.05) is 41.0 Å². The molecule has 7 nitrogen and oxygen atoms in total. The molecule has 0 saturated carbocycles. The highest BCUT2D eigenvalue weighted by atomic mass is 127. The molecule has 0 spiro atoms. The van der Waals surface area contributed by atoms with Crippen LogP contribution >= 0.6 is 24.0 Å². The van der Waals surface area contributed by atoms with Crippen molar-refractivity contribution < 1.29 is 18.9 Å². The van der Waals surface area contributed by atoms with Crippen molar-refractivity contribution in [3.8, 4) is 17.2 Å². The molecule has 1 atom stereocenters. The van der Waals surface area contributed by atoms with Crippen molar-refractivity contribution >= 4 is 29.9 Å². The molecule has 2 rings (SSSR count). The van der Waals surface area contributed by atoms with E-state index in [0.717, 1.165) is 28.4 Å². The zero-order chi connectivity index (χ0) is 21.8. The third kappa shape index (κ3) is 9.65. The lowest BCUT2D eigenvalue weighted by Crippen LogP contribution is -2.41. The Balaban J connectivity index is 0.00000480. The molecule has 31 heavy (non-hydrogen) atoms. The molecule has 0 aliphatic carbocycles. The van der Waals surface area contributed by atoms with Crippen LogP contribution in [0.1, 0.15) is 18.1 Å². The maximum absolute atomic E-state index is 5.93. The second-order valence-electron chi connectivity index (χ2n) is 6.86. The number of hydrogen-bond donors (Lipinski definition) is 2. The van der Waals surface area contributed by atoms with Gasteiger partial charge >= 0.3 is 0 Å². The summed E-state index contributed by atoms with van der Waals surface area (Å²) in [5, 5.41) is 6.62. The molecule has 0 aromatic heterocycles. The van der Waals surface area contributed by atoms with Gasteiger partial charge in [0.1, 0.15) is 30.0 Å². The van der Waals surface area contributed by atoms with E-state index in [1.165, 1.54) is 0 Å². The van der Waals surface area contributed by atoms with Crippen molar-refractivity contribution in [1.82, 2.24) is 10.6 Å². The van der Waals surface area contributed by atoms with Gasteiger partial charge in [0.05, 0.1) is 20.3 Å².